The van der Waals surface area contributed by atoms with Gasteiger partial charge in [-0.2, -0.15) is 10.4 Å². The van der Waals surface area contributed by atoms with Crippen LogP contribution in [0.15, 0.2) is 55.1 Å². The molecule has 4 aromatic heterocycles. The molecule has 8 rings (SSSR count). The highest BCUT2D eigenvalue weighted by Gasteiger charge is 2.45. The summed E-state index contributed by atoms with van der Waals surface area (Å²) in [7, 11) is 3.51. The van der Waals surface area contributed by atoms with Crippen molar-refractivity contribution in [3.05, 3.63) is 66.2 Å². The molecule has 11 heteroatoms. The molecule has 41 heavy (non-hydrogen) atoms. The topological polar surface area (TPSA) is 95.1 Å². The maximum absolute atomic E-state index is 14.8. The summed E-state index contributed by atoms with van der Waals surface area (Å²) in [6.07, 6.45) is 8.15. The summed E-state index contributed by atoms with van der Waals surface area (Å²) in [6.45, 7) is 3.39. The number of halogens is 1. The Bertz CT molecular complexity index is 1600. The largest absolute Gasteiger partial charge is 0.489 e. The van der Waals surface area contributed by atoms with Crippen LogP contribution in [0.5, 0.6) is 11.6 Å². The van der Waals surface area contributed by atoms with E-state index in [9.17, 15) is 9.65 Å². The van der Waals surface area contributed by atoms with E-state index < -0.39 is 5.67 Å². The number of ether oxygens (including phenoxy) is 2. The van der Waals surface area contributed by atoms with Crippen molar-refractivity contribution in [2.75, 3.05) is 51.8 Å². The summed E-state index contributed by atoms with van der Waals surface area (Å²) in [5.74, 6) is 2.06. The van der Waals surface area contributed by atoms with E-state index in [2.05, 4.69) is 32.0 Å². The molecule has 0 aromatic carbocycles. The van der Waals surface area contributed by atoms with E-state index >= 15 is 0 Å². The van der Waals surface area contributed by atoms with E-state index in [1.807, 2.05) is 48.6 Å². The van der Waals surface area contributed by atoms with Crippen LogP contribution < -0.4 is 14.4 Å². The van der Waals surface area contributed by atoms with Crippen LogP contribution in [0, 0.1) is 11.3 Å². The maximum atomic E-state index is 14.8. The number of anilines is 1. The Hall–Kier alpha value is -4.27. The zero-order valence-corrected chi connectivity index (χ0v) is 23.1. The van der Waals surface area contributed by atoms with E-state index in [0.29, 0.717) is 47.9 Å². The highest BCUT2D eigenvalue weighted by molar-refractivity contribution is 5.85. The fourth-order valence-electron chi connectivity index (χ4n) is 6.40. The first-order valence-corrected chi connectivity index (χ1v) is 13.8. The van der Waals surface area contributed by atoms with Crippen molar-refractivity contribution in [3.8, 4) is 28.8 Å². The number of nitriles is 1. The van der Waals surface area contributed by atoms with Gasteiger partial charge in [-0.05, 0) is 37.2 Å². The van der Waals surface area contributed by atoms with Crippen molar-refractivity contribution >= 4 is 11.3 Å². The molecule has 4 fully saturated rings. The number of piperidine rings is 1. The Morgan fingerprint density at radius 1 is 1.10 bits per heavy atom. The molecular weight excluding hydrogens is 523 g/mol. The number of pyridine rings is 3. The van der Waals surface area contributed by atoms with E-state index in [0.717, 1.165) is 36.6 Å². The van der Waals surface area contributed by atoms with Gasteiger partial charge in [0.2, 0.25) is 5.88 Å². The number of nitrogens with zero attached hydrogens (tertiary/aromatic N) is 8. The second-order valence-electron chi connectivity index (χ2n) is 11.4. The van der Waals surface area contributed by atoms with Gasteiger partial charge in [-0.1, -0.05) is 6.07 Å². The summed E-state index contributed by atoms with van der Waals surface area (Å²) in [4.78, 5) is 16.0. The van der Waals surface area contributed by atoms with Crippen molar-refractivity contribution in [2.45, 2.75) is 30.7 Å². The zero-order valence-electron chi connectivity index (χ0n) is 23.1. The summed E-state index contributed by atoms with van der Waals surface area (Å²) >= 11 is 0. The van der Waals surface area contributed by atoms with E-state index in [4.69, 9.17) is 14.5 Å². The number of likely N-dealkylation sites (tertiary alicyclic amines) is 1. The smallest absolute Gasteiger partial charge is 0.212 e. The second kappa shape index (κ2) is 9.98. The minimum atomic E-state index is -1.36. The molecule has 210 valence electrons. The minimum Gasteiger partial charge on any atom is -0.489 e. The van der Waals surface area contributed by atoms with Crippen LogP contribution in [0.2, 0.25) is 0 Å². The summed E-state index contributed by atoms with van der Waals surface area (Å²) in [5.41, 5.74) is 2.58. The van der Waals surface area contributed by atoms with Crippen molar-refractivity contribution in [3.63, 3.8) is 0 Å². The van der Waals surface area contributed by atoms with Gasteiger partial charge in [0, 0.05) is 74.4 Å². The number of hydrogen-bond acceptors (Lipinski definition) is 9. The third kappa shape index (κ3) is 4.73. The molecule has 0 aliphatic carbocycles. The molecule has 0 radical (unpaired) electrons. The molecule has 0 amide bonds. The number of alkyl halides is 1. The van der Waals surface area contributed by atoms with Gasteiger partial charge in [0.05, 0.1) is 30.6 Å². The lowest BCUT2D eigenvalue weighted by molar-refractivity contribution is -0.0466. The highest BCUT2D eigenvalue weighted by atomic mass is 19.1. The van der Waals surface area contributed by atoms with Crippen LogP contribution >= 0.6 is 0 Å². The molecule has 0 N–H and O–H groups in total. The van der Waals surface area contributed by atoms with Crippen LogP contribution in [-0.4, -0.2) is 94.1 Å². The fourth-order valence-corrected chi connectivity index (χ4v) is 6.40. The molecule has 4 aromatic rings. The molecule has 4 saturated heterocycles. The molecule has 2 unspecified atom stereocenters. The monoisotopic (exact) mass is 554 g/mol. The van der Waals surface area contributed by atoms with E-state index in [1.165, 1.54) is 18.2 Å². The SMILES string of the molecule is COc1ccc(CN2C3CC2CN(c2ccc(-c4cc(OCC5(F)CN(C)C5)cn5ncc(C#N)c45)cn2)C3)cn1. The number of fused-ring (bicyclic) bond motifs is 3. The third-order valence-corrected chi connectivity index (χ3v) is 8.41. The van der Waals surface area contributed by atoms with Gasteiger partial charge < -0.3 is 14.4 Å². The predicted octanol–water partition coefficient (Wildman–Crippen LogP) is 3.17. The van der Waals surface area contributed by atoms with Crippen molar-refractivity contribution in [1.29, 1.82) is 5.26 Å². The number of piperazine rings is 1. The maximum Gasteiger partial charge on any atom is 0.212 e. The highest BCUT2D eigenvalue weighted by Crippen LogP contribution is 2.37. The predicted molar refractivity (Wildman–Crippen MR) is 151 cm³/mol. The third-order valence-electron chi connectivity index (χ3n) is 8.41. The normalized spacial score (nSPS) is 21.7. The Kier molecular flexibility index (Phi) is 6.25. The van der Waals surface area contributed by atoms with Crippen LogP contribution in [0.1, 0.15) is 17.5 Å². The standard InChI is InChI=1S/C30H31FN8O2/c1-36-17-30(31,18-36)19-41-25-8-26(29-22(9-32)12-35-39(29)16-25)21-4-5-27(33-11-21)37-14-23-7-24(15-37)38(23)13-20-3-6-28(40-2)34-10-20/h3-6,8,10-12,16,23-24H,7,13-15,17-19H2,1-2H3. The number of rotatable bonds is 8. The van der Waals surface area contributed by atoms with Crippen LogP contribution in [-0.2, 0) is 6.54 Å². The van der Waals surface area contributed by atoms with Gasteiger partial charge in [-0.3, -0.25) is 9.80 Å². The Morgan fingerprint density at radius 3 is 2.59 bits per heavy atom. The average molecular weight is 555 g/mol. The van der Waals surface area contributed by atoms with Gasteiger partial charge in [0.25, 0.3) is 0 Å². The van der Waals surface area contributed by atoms with Gasteiger partial charge >= 0.3 is 0 Å². The van der Waals surface area contributed by atoms with E-state index in [-0.39, 0.29) is 6.61 Å². The van der Waals surface area contributed by atoms with E-state index in [1.54, 1.807) is 17.8 Å². The first-order valence-electron chi connectivity index (χ1n) is 13.8. The van der Waals surface area contributed by atoms with Gasteiger partial charge in [-0.25, -0.2) is 18.9 Å². The first-order chi connectivity index (χ1) is 19.9. The summed E-state index contributed by atoms with van der Waals surface area (Å²) in [5, 5.41) is 14.0. The van der Waals surface area contributed by atoms with Gasteiger partial charge in [-0.15, -0.1) is 0 Å². The fraction of sp³-hybridized carbons (Fsp3) is 0.400. The minimum absolute atomic E-state index is 0.0326. The molecular formula is C30H31FN8O2. The second-order valence-corrected chi connectivity index (χ2v) is 11.4. The number of aromatic nitrogens is 4. The molecule has 8 heterocycles. The summed E-state index contributed by atoms with van der Waals surface area (Å²) < 4.78 is 27.5. The molecule has 2 bridgehead atoms. The molecule has 4 aliphatic rings. The number of hydrogen-bond donors (Lipinski definition) is 0. The first kappa shape index (κ1) is 25.7. The Morgan fingerprint density at radius 2 is 1.93 bits per heavy atom. The average Bonchev–Trinajstić information content (AvgIpc) is 3.41. The zero-order chi connectivity index (χ0) is 28.1. The van der Waals surface area contributed by atoms with Gasteiger partial charge in [0.1, 0.15) is 24.2 Å². The summed E-state index contributed by atoms with van der Waals surface area (Å²) in [6, 6.07) is 13.1. The molecule has 0 spiro atoms. The van der Waals surface area contributed by atoms with Gasteiger partial charge in [0.15, 0.2) is 5.67 Å². The lowest BCUT2D eigenvalue weighted by Gasteiger charge is -2.56. The van der Waals surface area contributed by atoms with Crippen LogP contribution in [0.25, 0.3) is 16.6 Å². The molecule has 4 aliphatic heterocycles. The van der Waals surface area contributed by atoms with Crippen molar-refractivity contribution < 1.29 is 13.9 Å². The lowest BCUT2D eigenvalue weighted by atomic mass is 9.87. The Balaban J connectivity index is 1.07. The Labute approximate surface area is 237 Å². The molecule has 2 atom stereocenters. The molecule has 10 nitrogen and oxygen atoms in total. The lowest BCUT2D eigenvalue weighted by Crippen LogP contribution is -2.68. The van der Waals surface area contributed by atoms with Crippen LogP contribution in [0.4, 0.5) is 10.2 Å². The van der Waals surface area contributed by atoms with Crippen molar-refractivity contribution in [1.82, 2.24) is 29.4 Å². The van der Waals surface area contributed by atoms with Crippen molar-refractivity contribution in [2.24, 2.45) is 0 Å². The van der Waals surface area contributed by atoms with Crippen LogP contribution in [0.3, 0.4) is 0 Å². The number of methoxy groups -OCH3 is 1. The quantitative estimate of drug-likeness (QED) is 0.326. The molecule has 0 saturated carbocycles.